The number of halogens is 1. The maximum atomic E-state index is 12.5. The van der Waals surface area contributed by atoms with Crippen LogP contribution in [-0.4, -0.2) is 33.9 Å². The van der Waals surface area contributed by atoms with Crippen LogP contribution in [0.4, 0.5) is 0 Å². The van der Waals surface area contributed by atoms with E-state index in [0.717, 1.165) is 41.9 Å². The third kappa shape index (κ3) is 4.06. The number of H-pyrrole nitrogens is 1. The maximum absolute atomic E-state index is 12.5. The van der Waals surface area contributed by atoms with E-state index < -0.39 is 0 Å². The first-order valence-corrected chi connectivity index (χ1v) is 9.72. The van der Waals surface area contributed by atoms with Crippen LogP contribution in [0.2, 0.25) is 5.02 Å². The van der Waals surface area contributed by atoms with Crippen LogP contribution in [0.15, 0.2) is 54.9 Å². The molecule has 5 heteroatoms. The van der Waals surface area contributed by atoms with E-state index in [2.05, 4.69) is 22.1 Å². The van der Waals surface area contributed by atoms with Crippen molar-refractivity contribution in [1.29, 1.82) is 0 Å². The molecule has 4 nitrogen and oxygen atoms in total. The van der Waals surface area contributed by atoms with Crippen molar-refractivity contribution in [3.8, 4) is 0 Å². The van der Waals surface area contributed by atoms with Gasteiger partial charge >= 0.3 is 0 Å². The number of aromatic amines is 1. The first-order valence-electron chi connectivity index (χ1n) is 9.34. The van der Waals surface area contributed by atoms with E-state index in [-0.39, 0.29) is 5.91 Å². The van der Waals surface area contributed by atoms with Gasteiger partial charge in [-0.3, -0.25) is 4.79 Å². The number of rotatable bonds is 5. The largest absolute Gasteiger partial charge is 0.346 e. The number of hydrogen-bond donors (Lipinski definition) is 1. The molecule has 3 aromatic rings. The van der Waals surface area contributed by atoms with E-state index in [1.165, 1.54) is 16.7 Å². The number of aromatic nitrogens is 2. The Bertz CT molecular complexity index is 975. The molecule has 1 amide bonds. The van der Waals surface area contributed by atoms with E-state index in [0.29, 0.717) is 13.0 Å². The molecule has 138 valence electrons. The second kappa shape index (κ2) is 7.97. The van der Waals surface area contributed by atoms with Gasteiger partial charge in [0.15, 0.2) is 0 Å². The molecule has 0 unspecified atom stereocenters. The smallest absolute Gasteiger partial charge is 0.222 e. The van der Waals surface area contributed by atoms with E-state index in [4.69, 9.17) is 11.6 Å². The molecule has 1 aliphatic heterocycles. The minimum absolute atomic E-state index is 0.236. The first kappa shape index (κ1) is 17.8. The van der Waals surface area contributed by atoms with Crippen molar-refractivity contribution >= 4 is 34.1 Å². The molecule has 0 radical (unpaired) electrons. The fourth-order valence-electron chi connectivity index (χ4n) is 3.61. The summed E-state index contributed by atoms with van der Waals surface area (Å²) in [4.78, 5) is 22.0. The van der Waals surface area contributed by atoms with Crippen LogP contribution in [0.3, 0.4) is 0 Å². The van der Waals surface area contributed by atoms with E-state index in [9.17, 15) is 4.79 Å². The zero-order valence-electron chi connectivity index (χ0n) is 15.1. The van der Waals surface area contributed by atoms with Crippen molar-refractivity contribution < 1.29 is 4.79 Å². The maximum Gasteiger partial charge on any atom is 0.222 e. The molecule has 0 spiro atoms. The van der Waals surface area contributed by atoms with Crippen molar-refractivity contribution in [3.63, 3.8) is 0 Å². The fourth-order valence-corrected chi connectivity index (χ4v) is 3.74. The van der Waals surface area contributed by atoms with Gasteiger partial charge in [-0.05, 0) is 54.7 Å². The zero-order chi connectivity index (χ0) is 18.6. The molecular weight excluding hydrogens is 358 g/mol. The standard InChI is InChI=1S/C22H22ClN3O/c23-18-8-6-16(7-9-18)3-1-5-21(27)26-13-10-17(11-14-26)20-15-25-22-19(20)4-2-12-24-22/h2,4,6-10,12,15H,1,3,5,11,13-14H2,(H,24,25). The third-order valence-electron chi connectivity index (χ3n) is 5.13. The Morgan fingerprint density at radius 3 is 2.85 bits per heavy atom. The van der Waals surface area contributed by atoms with Crippen LogP contribution in [0.1, 0.15) is 30.4 Å². The normalized spacial score (nSPS) is 14.4. The van der Waals surface area contributed by atoms with Gasteiger partial charge in [-0.1, -0.05) is 29.8 Å². The molecule has 1 aromatic carbocycles. The molecule has 27 heavy (non-hydrogen) atoms. The second-order valence-electron chi connectivity index (χ2n) is 6.90. The van der Waals surface area contributed by atoms with Crippen molar-refractivity contribution in [3.05, 3.63) is 71.0 Å². The lowest BCUT2D eigenvalue weighted by atomic mass is 9.99. The van der Waals surface area contributed by atoms with E-state index in [1.54, 1.807) is 6.20 Å². The summed E-state index contributed by atoms with van der Waals surface area (Å²) in [7, 11) is 0. The molecular formula is C22H22ClN3O. The molecule has 1 aliphatic rings. The van der Waals surface area contributed by atoms with Gasteiger partial charge in [0.25, 0.3) is 0 Å². The monoisotopic (exact) mass is 379 g/mol. The number of carbonyl (C=O) groups is 1. The first-order chi connectivity index (χ1) is 13.2. The lowest BCUT2D eigenvalue weighted by molar-refractivity contribution is -0.130. The predicted molar refractivity (Wildman–Crippen MR) is 110 cm³/mol. The van der Waals surface area contributed by atoms with Crippen LogP contribution >= 0.6 is 11.6 Å². The Labute approximate surface area is 163 Å². The molecule has 0 saturated carbocycles. The highest BCUT2D eigenvalue weighted by Crippen LogP contribution is 2.28. The van der Waals surface area contributed by atoms with Gasteiger partial charge in [-0.2, -0.15) is 0 Å². The Hall–Kier alpha value is -2.59. The molecule has 0 atom stereocenters. The third-order valence-corrected chi connectivity index (χ3v) is 5.38. The summed E-state index contributed by atoms with van der Waals surface area (Å²) >= 11 is 5.91. The SMILES string of the molecule is O=C(CCCc1ccc(Cl)cc1)N1CC=C(c2c[nH]c3ncccc23)CC1. The second-order valence-corrected chi connectivity index (χ2v) is 7.34. The Morgan fingerprint density at radius 1 is 1.22 bits per heavy atom. The molecule has 4 rings (SSSR count). The topological polar surface area (TPSA) is 49.0 Å². The Morgan fingerprint density at radius 2 is 2.07 bits per heavy atom. The number of carbonyl (C=O) groups excluding carboxylic acids is 1. The number of hydrogen-bond acceptors (Lipinski definition) is 2. The summed E-state index contributed by atoms with van der Waals surface area (Å²) in [5.41, 5.74) is 4.63. The van der Waals surface area contributed by atoms with Gasteiger partial charge in [0, 0.05) is 47.9 Å². The number of pyridine rings is 1. The minimum atomic E-state index is 0.236. The highest BCUT2D eigenvalue weighted by Gasteiger charge is 2.19. The van der Waals surface area contributed by atoms with E-state index in [1.807, 2.05) is 41.4 Å². The summed E-state index contributed by atoms with van der Waals surface area (Å²) < 4.78 is 0. The van der Waals surface area contributed by atoms with Crippen molar-refractivity contribution in [1.82, 2.24) is 14.9 Å². The van der Waals surface area contributed by atoms with Gasteiger partial charge in [0.05, 0.1) is 0 Å². The zero-order valence-corrected chi connectivity index (χ0v) is 15.9. The van der Waals surface area contributed by atoms with Crippen molar-refractivity contribution in [2.75, 3.05) is 13.1 Å². The highest BCUT2D eigenvalue weighted by molar-refractivity contribution is 6.30. The predicted octanol–water partition coefficient (Wildman–Crippen LogP) is 4.85. The molecule has 0 fully saturated rings. The van der Waals surface area contributed by atoms with Crippen LogP contribution < -0.4 is 0 Å². The number of nitrogens with one attached hydrogen (secondary N) is 1. The summed E-state index contributed by atoms with van der Waals surface area (Å²) in [6.07, 6.45) is 9.22. The molecule has 2 aromatic heterocycles. The average Bonchev–Trinajstić information content (AvgIpc) is 3.14. The minimum Gasteiger partial charge on any atom is -0.346 e. The van der Waals surface area contributed by atoms with Crippen LogP contribution in [-0.2, 0) is 11.2 Å². The van der Waals surface area contributed by atoms with Crippen molar-refractivity contribution in [2.24, 2.45) is 0 Å². The molecule has 0 aliphatic carbocycles. The summed E-state index contributed by atoms with van der Waals surface area (Å²) in [6, 6.07) is 11.9. The Balaban J connectivity index is 1.32. The molecule has 3 heterocycles. The summed E-state index contributed by atoms with van der Waals surface area (Å²) in [5, 5.41) is 1.89. The summed E-state index contributed by atoms with van der Waals surface area (Å²) in [5.74, 6) is 0.236. The van der Waals surface area contributed by atoms with Crippen LogP contribution in [0.5, 0.6) is 0 Å². The molecule has 1 N–H and O–H groups in total. The van der Waals surface area contributed by atoms with Gasteiger partial charge in [0.2, 0.25) is 5.91 Å². The lowest BCUT2D eigenvalue weighted by Crippen LogP contribution is -2.34. The Kier molecular flexibility index (Phi) is 5.26. The van der Waals surface area contributed by atoms with Gasteiger partial charge < -0.3 is 9.88 Å². The van der Waals surface area contributed by atoms with Gasteiger partial charge in [0.1, 0.15) is 5.65 Å². The van der Waals surface area contributed by atoms with Crippen LogP contribution in [0.25, 0.3) is 16.6 Å². The van der Waals surface area contributed by atoms with Gasteiger partial charge in [-0.25, -0.2) is 4.98 Å². The number of amides is 1. The number of fused-ring (bicyclic) bond motifs is 1. The summed E-state index contributed by atoms with van der Waals surface area (Å²) in [6.45, 7) is 1.46. The van der Waals surface area contributed by atoms with Gasteiger partial charge in [-0.15, -0.1) is 0 Å². The lowest BCUT2D eigenvalue weighted by Gasteiger charge is -2.26. The number of aryl methyl sites for hydroxylation is 1. The molecule has 0 saturated heterocycles. The van der Waals surface area contributed by atoms with Crippen LogP contribution in [0, 0.1) is 0 Å². The molecule has 0 bridgehead atoms. The fraction of sp³-hybridized carbons (Fsp3) is 0.273. The number of benzene rings is 1. The average molecular weight is 380 g/mol. The van der Waals surface area contributed by atoms with Crippen molar-refractivity contribution in [2.45, 2.75) is 25.7 Å². The van der Waals surface area contributed by atoms with E-state index >= 15 is 0 Å². The quantitative estimate of drug-likeness (QED) is 0.688. The highest BCUT2D eigenvalue weighted by atomic mass is 35.5. The number of nitrogens with zero attached hydrogens (tertiary/aromatic N) is 2.